The molecular formula is C10H14Cl2O2. The number of halogens is 2. The summed E-state index contributed by atoms with van der Waals surface area (Å²) in [5.41, 5.74) is 0.742. The topological polar surface area (TPSA) is 37.3 Å². The van der Waals surface area contributed by atoms with Gasteiger partial charge in [-0.3, -0.25) is 4.79 Å². The molecule has 1 fully saturated rings. The highest BCUT2D eigenvalue weighted by Gasteiger charge is 2.61. The fourth-order valence-electron chi connectivity index (χ4n) is 2.02. The van der Waals surface area contributed by atoms with Gasteiger partial charge in [0, 0.05) is 0 Å². The van der Waals surface area contributed by atoms with Gasteiger partial charge in [0.1, 0.15) is 4.49 Å². The smallest absolute Gasteiger partial charge is 0.307 e. The molecule has 1 unspecified atom stereocenters. The van der Waals surface area contributed by atoms with Crippen LogP contribution in [0.3, 0.4) is 0 Å². The van der Waals surface area contributed by atoms with Gasteiger partial charge in [0.25, 0.3) is 0 Å². The van der Waals surface area contributed by atoms with E-state index in [1.807, 2.05) is 20.8 Å². The van der Waals surface area contributed by atoms with Crippen LogP contribution in [0.2, 0.25) is 0 Å². The van der Waals surface area contributed by atoms with Crippen LogP contribution < -0.4 is 0 Å². The first-order chi connectivity index (χ1) is 6.28. The van der Waals surface area contributed by atoms with E-state index in [2.05, 4.69) is 0 Å². The fourth-order valence-corrected chi connectivity index (χ4v) is 2.18. The van der Waals surface area contributed by atoms with Crippen LogP contribution in [-0.2, 0) is 4.79 Å². The molecule has 0 spiro atoms. The highest BCUT2D eigenvalue weighted by atomic mass is 35.5. The number of carbonyl (C=O) groups is 1. The lowest BCUT2D eigenvalue weighted by Crippen LogP contribution is -2.03. The van der Waals surface area contributed by atoms with Gasteiger partial charge in [-0.05, 0) is 30.3 Å². The maximum atomic E-state index is 10.9. The summed E-state index contributed by atoms with van der Waals surface area (Å²) in [4.78, 5) is 10.9. The highest BCUT2D eigenvalue weighted by Crippen LogP contribution is 2.61. The second-order valence-corrected chi connectivity index (χ2v) is 5.44. The van der Waals surface area contributed by atoms with Gasteiger partial charge < -0.3 is 5.11 Å². The molecule has 0 amide bonds. The summed E-state index contributed by atoms with van der Waals surface area (Å²) in [5, 5.41) is 8.93. The summed E-state index contributed by atoms with van der Waals surface area (Å²) in [7, 11) is 0. The summed E-state index contributed by atoms with van der Waals surface area (Å²) in [6.07, 6.45) is 0.673. The molecule has 0 radical (unpaired) electrons. The minimum Gasteiger partial charge on any atom is -0.481 e. The molecule has 1 aliphatic rings. The zero-order valence-corrected chi connectivity index (χ0v) is 9.99. The minimum absolute atomic E-state index is 0.129. The van der Waals surface area contributed by atoms with E-state index < -0.39 is 5.97 Å². The summed E-state index contributed by atoms with van der Waals surface area (Å²) in [6, 6.07) is 0. The molecule has 1 aliphatic carbocycles. The SMILES string of the molecule is CC(CC1[C@@H](C(=O)O)C1(C)C)=C(Cl)Cl. The van der Waals surface area contributed by atoms with Crippen LogP contribution >= 0.6 is 23.2 Å². The van der Waals surface area contributed by atoms with Crippen LogP contribution in [0.4, 0.5) is 0 Å². The Morgan fingerprint density at radius 2 is 1.93 bits per heavy atom. The molecule has 80 valence electrons. The maximum Gasteiger partial charge on any atom is 0.307 e. The van der Waals surface area contributed by atoms with Crippen LogP contribution in [0.5, 0.6) is 0 Å². The quantitative estimate of drug-likeness (QED) is 0.816. The molecule has 2 nitrogen and oxygen atoms in total. The Labute approximate surface area is 93.9 Å². The van der Waals surface area contributed by atoms with Crippen LogP contribution in [0.25, 0.3) is 0 Å². The van der Waals surface area contributed by atoms with E-state index in [4.69, 9.17) is 28.3 Å². The van der Waals surface area contributed by atoms with Crippen LogP contribution in [-0.4, -0.2) is 11.1 Å². The first kappa shape index (κ1) is 11.9. The molecule has 14 heavy (non-hydrogen) atoms. The van der Waals surface area contributed by atoms with Crippen LogP contribution in [0, 0.1) is 17.3 Å². The van der Waals surface area contributed by atoms with Crippen molar-refractivity contribution in [2.75, 3.05) is 0 Å². The van der Waals surface area contributed by atoms with E-state index in [0.717, 1.165) is 5.57 Å². The second kappa shape index (κ2) is 3.74. The summed E-state index contributed by atoms with van der Waals surface area (Å²) in [6.45, 7) is 5.76. The first-order valence-corrected chi connectivity index (χ1v) is 5.27. The number of carboxylic acid groups (broad SMARTS) is 1. The molecule has 0 aromatic rings. The Balaban J connectivity index is 2.67. The van der Waals surface area contributed by atoms with Gasteiger partial charge in [0.05, 0.1) is 5.92 Å². The highest BCUT2D eigenvalue weighted by molar-refractivity contribution is 6.56. The van der Waals surface area contributed by atoms with E-state index in [-0.39, 0.29) is 21.7 Å². The Hall–Kier alpha value is -0.210. The normalized spacial score (nSPS) is 28.4. The Kier molecular flexibility index (Phi) is 3.17. The maximum absolute atomic E-state index is 10.9. The van der Waals surface area contributed by atoms with E-state index in [9.17, 15) is 4.79 Å². The van der Waals surface area contributed by atoms with Gasteiger partial charge in [-0.2, -0.15) is 0 Å². The van der Waals surface area contributed by atoms with E-state index in [1.54, 1.807) is 0 Å². The van der Waals surface area contributed by atoms with E-state index >= 15 is 0 Å². The van der Waals surface area contributed by atoms with Crippen molar-refractivity contribution in [1.29, 1.82) is 0 Å². The monoisotopic (exact) mass is 236 g/mol. The predicted octanol–water partition coefficient (Wildman–Crippen LogP) is 3.44. The lowest BCUT2D eigenvalue weighted by Gasteiger charge is -2.02. The first-order valence-electron chi connectivity index (χ1n) is 4.52. The van der Waals surface area contributed by atoms with Crippen molar-refractivity contribution >= 4 is 29.2 Å². The zero-order valence-electron chi connectivity index (χ0n) is 8.47. The number of aliphatic carboxylic acids is 1. The molecule has 2 atom stereocenters. The third-order valence-electron chi connectivity index (χ3n) is 3.17. The van der Waals surface area contributed by atoms with Crippen LogP contribution in [0.15, 0.2) is 10.1 Å². The van der Waals surface area contributed by atoms with Gasteiger partial charge in [0.2, 0.25) is 0 Å². The number of hydrogen-bond donors (Lipinski definition) is 1. The molecule has 0 aromatic carbocycles. The van der Waals surface area contributed by atoms with Crippen molar-refractivity contribution in [1.82, 2.24) is 0 Å². The third kappa shape index (κ3) is 2.06. The van der Waals surface area contributed by atoms with Crippen molar-refractivity contribution in [3.8, 4) is 0 Å². The van der Waals surface area contributed by atoms with Gasteiger partial charge in [0.15, 0.2) is 0 Å². The molecule has 4 heteroatoms. The van der Waals surface area contributed by atoms with Crippen molar-refractivity contribution in [3.63, 3.8) is 0 Å². The number of carboxylic acids is 1. The Morgan fingerprint density at radius 1 is 1.43 bits per heavy atom. The van der Waals surface area contributed by atoms with Gasteiger partial charge in [-0.25, -0.2) is 0 Å². The Morgan fingerprint density at radius 3 is 2.21 bits per heavy atom. The molecule has 0 aromatic heterocycles. The third-order valence-corrected chi connectivity index (χ3v) is 3.81. The molecule has 1 saturated carbocycles. The molecule has 0 bridgehead atoms. The summed E-state index contributed by atoms with van der Waals surface area (Å²) >= 11 is 11.2. The second-order valence-electron chi connectivity index (χ2n) is 4.49. The van der Waals surface area contributed by atoms with Crippen molar-refractivity contribution in [3.05, 3.63) is 10.1 Å². The van der Waals surface area contributed by atoms with E-state index in [1.165, 1.54) is 0 Å². The Bertz CT molecular complexity index is 290. The predicted molar refractivity (Wildman–Crippen MR) is 57.4 cm³/mol. The van der Waals surface area contributed by atoms with Gasteiger partial charge >= 0.3 is 5.97 Å². The average molecular weight is 237 g/mol. The molecular weight excluding hydrogens is 223 g/mol. The number of rotatable bonds is 3. The summed E-state index contributed by atoms with van der Waals surface area (Å²) in [5.74, 6) is -0.823. The number of allylic oxidation sites excluding steroid dienone is 1. The lowest BCUT2D eigenvalue weighted by atomic mass is 10.0. The van der Waals surface area contributed by atoms with Crippen molar-refractivity contribution in [2.24, 2.45) is 17.3 Å². The standard InChI is InChI=1S/C10H14Cl2O2/c1-5(8(11)12)4-6-7(9(13)14)10(6,2)3/h6-7H,4H2,1-3H3,(H,13,14)/t6?,7-/m0/s1. The van der Waals surface area contributed by atoms with Crippen molar-refractivity contribution < 1.29 is 9.90 Å². The van der Waals surface area contributed by atoms with E-state index in [0.29, 0.717) is 6.42 Å². The molecule has 1 rings (SSSR count). The largest absolute Gasteiger partial charge is 0.481 e. The molecule has 0 aliphatic heterocycles. The summed E-state index contributed by atoms with van der Waals surface area (Å²) < 4.78 is 0.261. The molecule has 0 heterocycles. The molecule has 0 saturated heterocycles. The zero-order chi connectivity index (χ0) is 11.1. The average Bonchev–Trinajstić information content (AvgIpc) is 2.52. The molecule has 1 N–H and O–H groups in total. The van der Waals surface area contributed by atoms with Gasteiger partial charge in [-0.1, -0.05) is 37.0 Å². The van der Waals surface area contributed by atoms with Crippen LogP contribution in [0.1, 0.15) is 27.2 Å². The number of hydrogen-bond acceptors (Lipinski definition) is 1. The van der Waals surface area contributed by atoms with Crippen molar-refractivity contribution in [2.45, 2.75) is 27.2 Å². The fraction of sp³-hybridized carbons (Fsp3) is 0.700. The minimum atomic E-state index is -0.724. The van der Waals surface area contributed by atoms with Gasteiger partial charge in [-0.15, -0.1) is 0 Å². The lowest BCUT2D eigenvalue weighted by molar-refractivity contribution is -0.139.